The lowest BCUT2D eigenvalue weighted by atomic mass is 9.91. The van der Waals surface area contributed by atoms with Crippen molar-refractivity contribution < 1.29 is 19.5 Å². The average Bonchev–Trinajstić information content (AvgIpc) is 2.99. The summed E-state index contributed by atoms with van der Waals surface area (Å²) in [7, 11) is 0. The van der Waals surface area contributed by atoms with Gasteiger partial charge in [-0.25, -0.2) is 4.98 Å². The first-order valence-electron chi connectivity index (χ1n) is 11.6. The topological polar surface area (TPSA) is 112 Å². The fraction of sp³-hybridized carbons (Fsp3) is 0.259. The van der Waals surface area contributed by atoms with Gasteiger partial charge in [-0.3, -0.25) is 14.4 Å². The quantitative estimate of drug-likeness (QED) is 0.442. The predicted molar refractivity (Wildman–Crippen MR) is 132 cm³/mol. The minimum atomic E-state index is -1.04. The van der Waals surface area contributed by atoms with Crippen LogP contribution in [-0.2, 0) is 33.9 Å². The second-order valence-electron chi connectivity index (χ2n) is 8.52. The molecule has 1 aliphatic heterocycles. The van der Waals surface area contributed by atoms with Crippen molar-refractivity contribution in [2.45, 2.75) is 31.8 Å². The molecule has 0 radical (unpaired) electrons. The number of benzene rings is 2. The molecule has 4 rings (SSSR count). The molecule has 1 atom stereocenters. The number of hydrogen-bond acceptors (Lipinski definition) is 5. The van der Waals surface area contributed by atoms with Crippen LogP contribution in [0.25, 0.3) is 0 Å². The van der Waals surface area contributed by atoms with E-state index in [1.807, 2.05) is 60.7 Å². The maximum Gasteiger partial charge on any atom is 0.304 e. The van der Waals surface area contributed by atoms with Crippen molar-refractivity contribution in [1.29, 1.82) is 0 Å². The van der Waals surface area contributed by atoms with E-state index in [9.17, 15) is 19.5 Å². The summed E-state index contributed by atoms with van der Waals surface area (Å²) >= 11 is 0. The summed E-state index contributed by atoms with van der Waals surface area (Å²) in [5.41, 5.74) is 3.68. The molecule has 8 heteroatoms. The number of anilines is 1. The van der Waals surface area contributed by atoms with E-state index < -0.39 is 11.9 Å². The molecule has 0 fully saturated rings. The highest BCUT2D eigenvalue weighted by molar-refractivity contribution is 5.91. The highest BCUT2D eigenvalue weighted by Crippen LogP contribution is 2.29. The average molecular weight is 473 g/mol. The number of carboxylic acid groups (broad SMARTS) is 1. The van der Waals surface area contributed by atoms with Crippen LogP contribution >= 0.6 is 0 Å². The number of carbonyl (C=O) groups excluding carboxylic acids is 2. The monoisotopic (exact) mass is 472 g/mol. The zero-order valence-corrected chi connectivity index (χ0v) is 19.3. The maximum atomic E-state index is 13.2. The molecule has 1 aliphatic rings. The molecule has 0 saturated carbocycles. The summed E-state index contributed by atoms with van der Waals surface area (Å²) in [6, 6.07) is 20.9. The van der Waals surface area contributed by atoms with Crippen LogP contribution in [0.3, 0.4) is 0 Å². The number of carboxylic acids is 1. The highest BCUT2D eigenvalue weighted by Gasteiger charge is 2.33. The molecule has 3 aromatic rings. The Morgan fingerprint density at radius 3 is 2.54 bits per heavy atom. The number of pyridine rings is 1. The molecule has 2 heterocycles. The van der Waals surface area contributed by atoms with Crippen molar-refractivity contribution in [1.82, 2.24) is 15.2 Å². The molecule has 0 bridgehead atoms. The zero-order valence-electron chi connectivity index (χ0n) is 19.3. The van der Waals surface area contributed by atoms with E-state index in [4.69, 9.17) is 0 Å². The Bertz CT molecular complexity index is 1200. The normalized spacial score (nSPS) is 15.1. The van der Waals surface area contributed by atoms with Gasteiger partial charge in [-0.2, -0.15) is 0 Å². The second-order valence-corrected chi connectivity index (χ2v) is 8.52. The third-order valence-electron chi connectivity index (χ3n) is 6.02. The van der Waals surface area contributed by atoms with Crippen molar-refractivity contribution in [2.75, 3.05) is 18.4 Å². The number of aliphatic carboxylic acids is 1. The zero-order chi connectivity index (χ0) is 24.6. The van der Waals surface area contributed by atoms with Gasteiger partial charge in [0.2, 0.25) is 11.8 Å². The van der Waals surface area contributed by atoms with Gasteiger partial charge >= 0.3 is 5.97 Å². The van der Waals surface area contributed by atoms with E-state index in [-0.39, 0.29) is 24.8 Å². The Morgan fingerprint density at radius 2 is 1.77 bits per heavy atom. The second kappa shape index (κ2) is 11.3. The van der Waals surface area contributed by atoms with Gasteiger partial charge in [0.25, 0.3) is 0 Å². The Hall–Kier alpha value is -4.20. The van der Waals surface area contributed by atoms with Crippen molar-refractivity contribution in [3.8, 4) is 0 Å². The fourth-order valence-corrected chi connectivity index (χ4v) is 4.29. The molecule has 3 N–H and O–H groups in total. The van der Waals surface area contributed by atoms with E-state index in [1.165, 1.54) is 4.90 Å². The number of rotatable bonds is 9. The van der Waals surface area contributed by atoms with Crippen molar-refractivity contribution in [3.05, 3.63) is 95.2 Å². The summed E-state index contributed by atoms with van der Waals surface area (Å²) in [6.45, 7) is 1.20. The van der Waals surface area contributed by atoms with Crippen molar-refractivity contribution in [2.24, 2.45) is 0 Å². The van der Waals surface area contributed by atoms with Gasteiger partial charge in [-0.1, -0.05) is 54.6 Å². The molecule has 1 aromatic heterocycles. The summed E-state index contributed by atoms with van der Waals surface area (Å²) in [5, 5.41) is 15.5. The van der Waals surface area contributed by atoms with Crippen molar-refractivity contribution >= 4 is 23.6 Å². The Labute approximate surface area is 204 Å². The summed E-state index contributed by atoms with van der Waals surface area (Å²) in [6.07, 6.45) is 2.01. The standard InChI is InChI=1S/C27H28N4O4/c32-25(30-17-20-7-5-6-19(14-20)16-29-24-10-3-4-12-28-24)18-31-13-11-21-8-1-2-9-22(21)23(27(31)35)15-26(33)34/h1-10,12,14,23H,11,13,15-18H2,(H,28,29)(H,30,32)(H,33,34). The van der Waals surface area contributed by atoms with E-state index in [2.05, 4.69) is 15.6 Å². The van der Waals surface area contributed by atoms with Crippen LogP contribution in [0.5, 0.6) is 0 Å². The lowest BCUT2D eigenvalue weighted by molar-refractivity contribution is -0.143. The largest absolute Gasteiger partial charge is 0.481 e. The lowest BCUT2D eigenvalue weighted by Crippen LogP contribution is -2.42. The maximum absolute atomic E-state index is 13.2. The molecule has 0 aliphatic carbocycles. The van der Waals surface area contributed by atoms with Crippen LogP contribution in [0.4, 0.5) is 5.82 Å². The molecule has 0 saturated heterocycles. The SMILES string of the molecule is O=C(O)CC1C(=O)N(CC(=O)NCc2cccc(CNc3ccccn3)c2)CCc2ccccc21. The first kappa shape index (κ1) is 23.9. The Balaban J connectivity index is 1.34. The molecule has 35 heavy (non-hydrogen) atoms. The number of aromatic nitrogens is 1. The molecular weight excluding hydrogens is 444 g/mol. The third kappa shape index (κ3) is 6.44. The molecule has 180 valence electrons. The number of fused-ring (bicyclic) bond motifs is 1. The van der Waals surface area contributed by atoms with E-state index in [0.717, 1.165) is 28.1 Å². The number of hydrogen-bond donors (Lipinski definition) is 3. The van der Waals surface area contributed by atoms with Crippen LogP contribution in [0.2, 0.25) is 0 Å². The Morgan fingerprint density at radius 1 is 1.00 bits per heavy atom. The smallest absolute Gasteiger partial charge is 0.304 e. The van der Waals surface area contributed by atoms with Crippen LogP contribution in [0, 0.1) is 0 Å². The molecule has 0 spiro atoms. The molecule has 2 aromatic carbocycles. The predicted octanol–water partition coefficient (Wildman–Crippen LogP) is 2.95. The first-order chi connectivity index (χ1) is 17.0. The lowest BCUT2D eigenvalue weighted by Gasteiger charge is -2.23. The minimum absolute atomic E-state index is 0.107. The van der Waals surface area contributed by atoms with Gasteiger partial charge < -0.3 is 20.6 Å². The van der Waals surface area contributed by atoms with Gasteiger partial charge in [-0.15, -0.1) is 0 Å². The van der Waals surface area contributed by atoms with E-state index in [1.54, 1.807) is 12.3 Å². The van der Waals surface area contributed by atoms with Gasteiger partial charge in [0.1, 0.15) is 5.82 Å². The van der Waals surface area contributed by atoms with E-state index >= 15 is 0 Å². The van der Waals surface area contributed by atoms with E-state index in [0.29, 0.717) is 26.1 Å². The minimum Gasteiger partial charge on any atom is -0.481 e. The summed E-state index contributed by atoms with van der Waals surface area (Å²) in [4.78, 5) is 43.0. The van der Waals surface area contributed by atoms with Gasteiger partial charge in [0.05, 0.1) is 18.9 Å². The fourth-order valence-electron chi connectivity index (χ4n) is 4.29. The molecule has 8 nitrogen and oxygen atoms in total. The number of nitrogens with one attached hydrogen (secondary N) is 2. The first-order valence-corrected chi connectivity index (χ1v) is 11.6. The van der Waals surface area contributed by atoms with Gasteiger partial charge in [-0.05, 0) is 40.8 Å². The van der Waals surface area contributed by atoms with Crippen molar-refractivity contribution in [3.63, 3.8) is 0 Å². The Kier molecular flexibility index (Phi) is 7.72. The number of nitrogens with zero attached hydrogens (tertiary/aromatic N) is 2. The number of amides is 2. The third-order valence-corrected chi connectivity index (χ3v) is 6.02. The van der Waals surface area contributed by atoms with Crippen LogP contribution < -0.4 is 10.6 Å². The van der Waals surface area contributed by atoms with Crippen LogP contribution in [0.15, 0.2) is 72.9 Å². The van der Waals surface area contributed by atoms with Gasteiger partial charge in [0.15, 0.2) is 0 Å². The molecular formula is C27H28N4O4. The number of carbonyl (C=O) groups is 3. The van der Waals surface area contributed by atoms with Crippen LogP contribution in [-0.4, -0.2) is 45.9 Å². The summed E-state index contributed by atoms with van der Waals surface area (Å²) < 4.78 is 0. The molecule has 1 unspecified atom stereocenters. The highest BCUT2D eigenvalue weighted by atomic mass is 16.4. The van der Waals surface area contributed by atoms with Crippen LogP contribution in [0.1, 0.15) is 34.6 Å². The summed E-state index contributed by atoms with van der Waals surface area (Å²) in [5.74, 6) is -1.65. The van der Waals surface area contributed by atoms with Gasteiger partial charge in [0, 0.05) is 25.8 Å². The molecule has 2 amide bonds.